The minimum Gasteiger partial charge on any atom is -0.345 e. The van der Waals surface area contributed by atoms with Gasteiger partial charge in [-0.05, 0) is 26.0 Å². The maximum Gasteiger partial charge on any atom is 0.186 e. The molecule has 3 nitrogen and oxygen atoms in total. The molecule has 2 aromatic rings. The van der Waals surface area contributed by atoms with Gasteiger partial charge in [-0.1, -0.05) is 23.5 Å². The first-order valence-corrected chi connectivity index (χ1v) is 6.53. The predicted octanol–water partition coefficient (Wildman–Crippen LogP) is 3.42. The lowest BCUT2D eigenvalue weighted by Crippen LogP contribution is -2.31. The summed E-state index contributed by atoms with van der Waals surface area (Å²) in [6.45, 7) is 5.00. The molecule has 0 spiro atoms. The van der Waals surface area contributed by atoms with E-state index in [1.54, 1.807) is 11.3 Å². The molecular formula is C13H15N3S. The molecule has 17 heavy (non-hydrogen) atoms. The molecule has 88 valence electrons. The number of fused-ring (bicyclic) bond motifs is 1. The lowest BCUT2D eigenvalue weighted by atomic mass is 10.3. The molecule has 0 saturated heterocycles. The fraction of sp³-hybridized carbons (Fsp3) is 0.385. The standard InChI is InChI=1S/C13H15N3S/c1-10(2)16(9-5-8-14)13-15-11-6-3-4-7-12(11)17-13/h3-4,6-7,10H,5,9H2,1-2H3. The quantitative estimate of drug-likeness (QED) is 0.828. The summed E-state index contributed by atoms with van der Waals surface area (Å²) in [5.41, 5.74) is 1.04. The lowest BCUT2D eigenvalue weighted by molar-refractivity contribution is 0.685. The number of anilines is 1. The molecule has 0 saturated carbocycles. The third-order valence-electron chi connectivity index (χ3n) is 2.62. The largest absolute Gasteiger partial charge is 0.345 e. The average molecular weight is 245 g/mol. The molecule has 2 rings (SSSR count). The van der Waals surface area contributed by atoms with E-state index < -0.39 is 0 Å². The lowest BCUT2D eigenvalue weighted by Gasteiger charge is -2.24. The highest BCUT2D eigenvalue weighted by Crippen LogP contribution is 2.29. The molecule has 0 N–H and O–H groups in total. The highest BCUT2D eigenvalue weighted by atomic mass is 32.1. The van der Waals surface area contributed by atoms with Gasteiger partial charge in [0.25, 0.3) is 0 Å². The van der Waals surface area contributed by atoms with Crippen LogP contribution in [0.3, 0.4) is 0 Å². The van der Waals surface area contributed by atoms with Crippen molar-refractivity contribution in [2.45, 2.75) is 26.3 Å². The van der Waals surface area contributed by atoms with Crippen molar-refractivity contribution in [2.75, 3.05) is 11.4 Å². The molecule has 4 heteroatoms. The number of nitriles is 1. The predicted molar refractivity (Wildman–Crippen MR) is 72.3 cm³/mol. The first-order chi connectivity index (χ1) is 8.22. The van der Waals surface area contributed by atoms with Crippen molar-refractivity contribution in [3.05, 3.63) is 24.3 Å². The molecule has 0 radical (unpaired) electrons. The van der Waals surface area contributed by atoms with Gasteiger partial charge in [0.2, 0.25) is 0 Å². The van der Waals surface area contributed by atoms with Crippen molar-refractivity contribution >= 4 is 26.7 Å². The van der Waals surface area contributed by atoms with Gasteiger partial charge in [-0.2, -0.15) is 5.26 Å². The molecular weight excluding hydrogens is 230 g/mol. The normalized spacial score (nSPS) is 10.7. The molecule has 0 aliphatic heterocycles. The Morgan fingerprint density at radius 1 is 1.41 bits per heavy atom. The van der Waals surface area contributed by atoms with Crippen molar-refractivity contribution in [1.29, 1.82) is 5.26 Å². The Morgan fingerprint density at radius 2 is 2.18 bits per heavy atom. The van der Waals surface area contributed by atoms with Crippen LogP contribution in [0, 0.1) is 11.3 Å². The van der Waals surface area contributed by atoms with Crippen LogP contribution in [-0.4, -0.2) is 17.6 Å². The Bertz CT molecular complexity index is 506. The zero-order valence-electron chi connectivity index (χ0n) is 10.1. The van der Waals surface area contributed by atoms with Gasteiger partial charge in [-0.25, -0.2) is 4.98 Å². The summed E-state index contributed by atoms with van der Waals surface area (Å²) in [4.78, 5) is 6.81. The third-order valence-corrected chi connectivity index (χ3v) is 3.69. The third kappa shape index (κ3) is 2.56. The van der Waals surface area contributed by atoms with E-state index in [4.69, 9.17) is 5.26 Å². The molecule has 1 aromatic heterocycles. The van der Waals surface area contributed by atoms with Crippen molar-refractivity contribution in [1.82, 2.24) is 4.98 Å². The maximum atomic E-state index is 8.69. The molecule has 1 aromatic carbocycles. The molecule has 0 bridgehead atoms. The van der Waals surface area contributed by atoms with E-state index in [0.29, 0.717) is 12.5 Å². The fourth-order valence-electron chi connectivity index (χ4n) is 1.73. The van der Waals surface area contributed by atoms with Gasteiger partial charge in [0.1, 0.15) is 0 Å². The van der Waals surface area contributed by atoms with E-state index in [2.05, 4.69) is 35.9 Å². The van der Waals surface area contributed by atoms with E-state index in [9.17, 15) is 0 Å². The van der Waals surface area contributed by atoms with Gasteiger partial charge >= 0.3 is 0 Å². The van der Waals surface area contributed by atoms with Gasteiger partial charge in [0.15, 0.2) is 5.13 Å². The summed E-state index contributed by atoms with van der Waals surface area (Å²) in [5, 5.41) is 9.70. The number of aromatic nitrogens is 1. The second-order valence-corrected chi connectivity index (χ2v) is 5.17. The van der Waals surface area contributed by atoms with Crippen molar-refractivity contribution < 1.29 is 0 Å². The fourth-order valence-corrected chi connectivity index (χ4v) is 2.85. The first-order valence-electron chi connectivity index (χ1n) is 5.71. The van der Waals surface area contributed by atoms with Crippen LogP contribution in [0.15, 0.2) is 24.3 Å². The molecule has 0 atom stereocenters. The van der Waals surface area contributed by atoms with Crippen LogP contribution in [0.5, 0.6) is 0 Å². The second kappa shape index (κ2) is 5.15. The number of nitrogens with zero attached hydrogens (tertiary/aromatic N) is 3. The van der Waals surface area contributed by atoms with E-state index in [-0.39, 0.29) is 0 Å². The summed E-state index contributed by atoms with van der Waals surface area (Å²) in [7, 11) is 0. The molecule has 0 fully saturated rings. The Hall–Kier alpha value is -1.60. The SMILES string of the molecule is CC(C)N(CCC#N)c1nc2ccccc2s1. The van der Waals surface area contributed by atoms with E-state index in [1.165, 1.54) is 4.70 Å². The van der Waals surface area contributed by atoms with Crippen molar-refractivity contribution in [3.63, 3.8) is 0 Å². The zero-order valence-corrected chi connectivity index (χ0v) is 10.9. The monoisotopic (exact) mass is 245 g/mol. The summed E-state index contributed by atoms with van der Waals surface area (Å²) in [6, 6.07) is 10.7. The highest BCUT2D eigenvalue weighted by Gasteiger charge is 2.14. The number of thiazole rings is 1. The van der Waals surface area contributed by atoms with Crippen LogP contribution in [0.1, 0.15) is 20.3 Å². The second-order valence-electron chi connectivity index (χ2n) is 4.16. The Labute approximate surface area is 105 Å². The van der Waals surface area contributed by atoms with Crippen LogP contribution in [0.4, 0.5) is 5.13 Å². The Balaban J connectivity index is 2.32. The summed E-state index contributed by atoms with van der Waals surface area (Å²) in [6.07, 6.45) is 0.536. The number of hydrogen-bond acceptors (Lipinski definition) is 4. The van der Waals surface area contributed by atoms with E-state index in [1.807, 2.05) is 18.2 Å². The summed E-state index contributed by atoms with van der Waals surface area (Å²) < 4.78 is 1.20. The Kier molecular flexibility index (Phi) is 3.60. The molecule has 0 aliphatic carbocycles. The van der Waals surface area contributed by atoms with Gasteiger partial charge in [0, 0.05) is 12.6 Å². The topological polar surface area (TPSA) is 39.9 Å². The van der Waals surface area contributed by atoms with Crippen LogP contribution in [0.2, 0.25) is 0 Å². The Morgan fingerprint density at radius 3 is 2.82 bits per heavy atom. The van der Waals surface area contributed by atoms with Gasteiger partial charge < -0.3 is 4.90 Å². The van der Waals surface area contributed by atoms with Crippen LogP contribution >= 0.6 is 11.3 Å². The minimum atomic E-state index is 0.365. The van der Waals surface area contributed by atoms with Crippen molar-refractivity contribution in [3.8, 4) is 6.07 Å². The highest BCUT2D eigenvalue weighted by molar-refractivity contribution is 7.22. The molecule has 0 amide bonds. The summed E-state index contributed by atoms with van der Waals surface area (Å²) >= 11 is 1.69. The first kappa shape index (κ1) is 11.9. The molecule has 0 aliphatic rings. The molecule has 1 heterocycles. The number of rotatable bonds is 4. The van der Waals surface area contributed by atoms with Gasteiger partial charge in [-0.15, -0.1) is 0 Å². The van der Waals surface area contributed by atoms with Gasteiger partial charge in [-0.3, -0.25) is 0 Å². The number of hydrogen-bond donors (Lipinski definition) is 0. The van der Waals surface area contributed by atoms with Crippen LogP contribution in [0.25, 0.3) is 10.2 Å². The van der Waals surface area contributed by atoms with E-state index >= 15 is 0 Å². The minimum absolute atomic E-state index is 0.365. The van der Waals surface area contributed by atoms with Gasteiger partial charge in [0.05, 0.1) is 22.7 Å². The number of para-hydroxylation sites is 1. The number of benzene rings is 1. The van der Waals surface area contributed by atoms with Crippen LogP contribution < -0.4 is 4.90 Å². The van der Waals surface area contributed by atoms with E-state index in [0.717, 1.165) is 17.2 Å². The molecule has 0 unspecified atom stereocenters. The van der Waals surface area contributed by atoms with Crippen molar-refractivity contribution in [2.24, 2.45) is 0 Å². The smallest absolute Gasteiger partial charge is 0.186 e. The summed E-state index contributed by atoms with van der Waals surface area (Å²) in [5.74, 6) is 0. The maximum absolute atomic E-state index is 8.69. The zero-order chi connectivity index (χ0) is 12.3. The van der Waals surface area contributed by atoms with Crippen LogP contribution in [-0.2, 0) is 0 Å². The average Bonchev–Trinajstić information content (AvgIpc) is 2.72.